The predicted octanol–water partition coefficient (Wildman–Crippen LogP) is 4.39. The number of hydrogen-bond acceptors (Lipinski definition) is 3. The molecule has 0 amide bonds. The van der Waals surface area contributed by atoms with Gasteiger partial charge in [-0.1, -0.05) is 35.9 Å². The molecule has 0 aliphatic heterocycles. The molecule has 122 valence electrons. The van der Waals surface area contributed by atoms with Gasteiger partial charge >= 0.3 is 0 Å². The summed E-state index contributed by atoms with van der Waals surface area (Å²) in [4.78, 5) is 6.39. The summed E-state index contributed by atoms with van der Waals surface area (Å²) in [6.45, 7) is 2.01. The molecule has 4 nitrogen and oxygen atoms in total. The van der Waals surface area contributed by atoms with E-state index in [1.165, 1.54) is 0 Å². The van der Waals surface area contributed by atoms with Crippen molar-refractivity contribution < 1.29 is 0 Å². The highest BCUT2D eigenvalue weighted by atomic mass is 35.5. The van der Waals surface area contributed by atoms with Gasteiger partial charge in [0.15, 0.2) is 5.65 Å². The number of benzene rings is 1. The first-order valence-corrected chi connectivity index (χ1v) is 8.08. The number of halogens is 1. The van der Waals surface area contributed by atoms with Gasteiger partial charge in [0.1, 0.15) is 6.33 Å². The Hall–Kier alpha value is -2.59. The minimum absolute atomic E-state index is 0.722. The first-order valence-electron chi connectivity index (χ1n) is 7.70. The van der Waals surface area contributed by atoms with Gasteiger partial charge in [0.05, 0.1) is 5.70 Å². The number of fused-ring (bicyclic) bond motifs is 1. The van der Waals surface area contributed by atoms with Gasteiger partial charge in [0.25, 0.3) is 0 Å². The van der Waals surface area contributed by atoms with E-state index in [1.807, 2.05) is 63.6 Å². The maximum atomic E-state index is 6.20. The molecule has 0 spiro atoms. The summed E-state index contributed by atoms with van der Waals surface area (Å²) in [5.74, 6) is 0. The first-order chi connectivity index (χ1) is 11.6. The Morgan fingerprint density at radius 3 is 2.71 bits per heavy atom. The SMILES string of the molecule is CC=CC(=C(c1cccc(Cl)c1)N(C)C)c1ccn2ncnc2c1. The molecule has 0 saturated heterocycles. The molecular weight excluding hydrogens is 320 g/mol. The quantitative estimate of drug-likeness (QED) is 0.661. The molecule has 2 heterocycles. The van der Waals surface area contributed by atoms with E-state index in [9.17, 15) is 0 Å². The van der Waals surface area contributed by atoms with Gasteiger partial charge in [-0.15, -0.1) is 0 Å². The number of allylic oxidation sites excluding steroid dienone is 3. The maximum absolute atomic E-state index is 6.20. The van der Waals surface area contributed by atoms with Gasteiger partial charge in [-0.2, -0.15) is 5.10 Å². The summed E-state index contributed by atoms with van der Waals surface area (Å²) in [5, 5.41) is 4.88. The van der Waals surface area contributed by atoms with Crippen LogP contribution >= 0.6 is 11.6 Å². The molecular formula is C19H19ClN4. The number of rotatable bonds is 4. The van der Waals surface area contributed by atoms with Crippen LogP contribution in [0, 0.1) is 0 Å². The van der Waals surface area contributed by atoms with Gasteiger partial charge < -0.3 is 4.90 Å². The molecule has 0 unspecified atom stereocenters. The largest absolute Gasteiger partial charge is 0.377 e. The molecule has 0 saturated carbocycles. The lowest BCUT2D eigenvalue weighted by Gasteiger charge is -2.22. The van der Waals surface area contributed by atoms with E-state index >= 15 is 0 Å². The lowest BCUT2D eigenvalue weighted by Crippen LogP contribution is -2.12. The number of hydrogen-bond donors (Lipinski definition) is 0. The molecule has 0 atom stereocenters. The summed E-state index contributed by atoms with van der Waals surface area (Å²) >= 11 is 6.20. The van der Waals surface area contributed by atoms with Crippen LogP contribution in [0.25, 0.3) is 16.9 Å². The molecule has 2 aromatic heterocycles. The predicted molar refractivity (Wildman–Crippen MR) is 99.8 cm³/mol. The van der Waals surface area contributed by atoms with Gasteiger partial charge in [-0.3, -0.25) is 0 Å². The highest BCUT2D eigenvalue weighted by Gasteiger charge is 2.13. The van der Waals surface area contributed by atoms with E-state index in [0.717, 1.165) is 33.1 Å². The Bertz CT molecular complexity index is 922. The fourth-order valence-corrected chi connectivity index (χ4v) is 2.94. The summed E-state index contributed by atoms with van der Waals surface area (Å²) in [7, 11) is 4.07. The lowest BCUT2D eigenvalue weighted by molar-refractivity contribution is 0.593. The smallest absolute Gasteiger partial charge is 0.155 e. The molecule has 3 aromatic rings. The molecule has 5 heteroatoms. The van der Waals surface area contributed by atoms with Crippen LogP contribution < -0.4 is 0 Å². The summed E-state index contributed by atoms with van der Waals surface area (Å²) in [5.41, 5.74) is 5.17. The van der Waals surface area contributed by atoms with E-state index in [1.54, 1.807) is 10.8 Å². The second-order valence-corrected chi connectivity index (χ2v) is 6.08. The second-order valence-electron chi connectivity index (χ2n) is 5.65. The van der Waals surface area contributed by atoms with Crippen LogP contribution in [-0.4, -0.2) is 33.6 Å². The zero-order chi connectivity index (χ0) is 17.1. The summed E-state index contributed by atoms with van der Waals surface area (Å²) in [6.07, 6.45) is 7.63. The van der Waals surface area contributed by atoms with Crippen molar-refractivity contribution in [3.05, 3.63) is 77.2 Å². The van der Waals surface area contributed by atoms with Crippen molar-refractivity contribution in [2.24, 2.45) is 0 Å². The highest BCUT2D eigenvalue weighted by molar-refractivity contribution is 6.30. The van der Waals surface area contributed by atoms with Gasteiger partial charge in [-0.05, 0) is 42.3 Å². The van der Waals surface area contributed by atoms with Gasteiger partial charge in [0.2, 0.25) is 0 Å². The third-order valence-corrected chi connectivity index (χ3v) is 3.96. The number of pyridine rings is 1. The summed E-state index contributed by atoms with van der Waals surface area (Å²) < 4.78 is 1.76. The number of aromatic nitrogens is 3. The van der Waals surface area contributed by atoms with Crippen LogP contribution in [0.3, 0.4) is 0 Å². The third kappa shape index (κ3) is 3.19. The fourth-order valence-electron chi connectivity index (χ4n) is 2.75. The Labute approximate surface area is 146 Å². The zero-order valence-corrected chi connectivity index (χ0v) is 14.7. The van der Waals surface area contributed by atoms with E-state index in [0.29, 0.717) is 0 Å². The monoisotopic (exact) mass is 338 g/mol. The van der Waals surface area contributed by atoms with Crippen LogP contribution in [0.5, 0.6) is 0 Å². The van der Waals surface area contributed by atoms with E-state index in [-0.39, 0.29) is 0 Å². The average molecular weight is 339 g/mol. The van der Waals surface area contributed by atoms with Crippen molar-refractivity contribution in [1.29, 1.82) is 0 Å². The van der Waals surface area contributed by atoms with Crippen molar-refractivity contribution in [3.63, 3.8) is 0 Å². The normalized spacial score (nSPS) is 12.7. The van der Waals surface area contributed by atoms with Gasteiger partial charge in [-0.25, -0.2) is 9.50 Å². The Kier molecular flexibility index (Phi) is 4.67. The van der Waals surface area contributed by atoms with E-state index in [2.05, 4.69) is 27.1 Å². The van der Waals surface area contributed by atoms with Crippen molar-refractivity contribution >= 4 is 28.5 Å². The van der Waals surface area contributed by atoms with E-state index in [4.69, 9.17) is 11.6 Å². The van der Waals surface area contributed by atoms with Crippen molar-refractivity contribution in [2.45, 2.75) is 6.92 Å². The average Bonchev–Trinajstić information content (AvgIpc) is 3.01. The molecule has 24 heavy (non-hydrogen) atoms. The molecule has 0 bridgehead atoms. The van der Waals surface area contributed by atoms with Crippen LogP contribution in [0.1, 0.15) is 18.1 Å². The minimum Gasteiger partial charge on any atom is -0.377 e. The van der Waals surface area contributed by atoms with Gasteiger partial charge in [0, 0.05) is 30.9 Å². The molecule has 0 fully saturated rings. The fraction of sp³-hybridized carbons (Fsp3) is 0.158. The van der Waals surface area contributed by atoms with Crippen LogP contribution in [0.2, 0.25) is 5.02 Å². The molecule has 1 aromatic carbocycles. The Morgan fingerprint density at radius 1 is 1.17 bits per heavy atom. The van der Waals surface area contributed by atoms with Crippen molar-refractivity contribution in [2.75, 3.05) is 14.1 Å². The first kappa shape index (κ1) is 16.3. The lowest BCUT2D eigenvalue weighted by atomic mass is 9.99. The topological polar surface area (TPSA) is 33.4 Å². The Balaban J connectivity index is 2.26. The Morgan fingerprint density at radius 2 is 2.00 bits per heavy atom. The maximum Gasteiger partial charge on any atom is 0.155 e. The standard InChI is InChI=1S/C19H19ClN4/c1-4-6-17(14-9-10-24-18(12-14)21-13-22-24)19(23(2)3)15-7-5-8-16(20)11-15/h4-13H,1-3H3. The molecule has 3 rings (SSSR count). The highest BCUT2D eigenvalue weighted by Crippen LogP contribution is 2.30. The number of nitrogens with zero attached hydrogens (tertiary/aromatic N) is 4. The molecule has 0 aliphatic carbocycles. The second kappa shape index (κ2) is 6.89. The van der Waals surface area contributed by atoms with Crippen LogP contribution in [-0.2, 0) is 0 Å². The van der Waals surface area contributed by atoms with Crippen LogP contribution in [0.4, 0.5) is 0 Å². The summed E-state index contributed by atoms with van der Waals surface area (Å²) in [6, 6.07) is 12.0. The minimum atomic E-state index is 0.722. The van der Waals surface area contributed by atoms with Crippen LogP contribution in [0.15, 0.2) is 61.1 Å². The molecule has 0 radical (unpaired) electrons. The molecule has 0 N–H and O–H groups in total. The third-order valence-electron chi connectivity index (χ3n) is 3.73. The van der Waals surface area contributed by atoms with Crippen molar-refractivity contribution in [3.8, 4) is 0 Å². The van der Waals surface area contributed by atoms with Crippen molar-refractivity contribution in [1.82, 2.24) is 19.5 Å². The molecule has 0 aliphatic rings. The van der Waals surface area contributed by atoms with E-state index < -0.39 is 0 Å². The zero-order valence-electron chi connectivity index (χ0n) is 13.9.